The Balaban J connectivity index is 2.60. The first-order chi connectivity index (χ1) is 9.56. The summed E-state index contributed by atoms with van der Waals surface area (Å²) >= 11 is 6.23. The van der Waals surface area contributed by atoms with E-state index in [-0.39, 0.29) is 5.56 Å². The van der Waals surface area contributed by atoms with E-state index in [0.29, 0.717) is 23.7 Å². The second-order valence-corrected chi connectivity index (χ2v) is 4.89. The van der Waals surface area contributed by atoms with Crippen LogP contribution in [-0.4, -0.2) is 29.4 Å². The van der Waals surface area contributed by atoms with Crippen molar-refractivity contribution >= 4 is 17.6 Å². The summed E-state index contributed by atoms with van der Waals surface area (Å²) in [5.74, 6) is -0.938. The Kier molecular flexibility index (Phi) is 4.47. The lowest BCUT2D eigenvalue weighted by Gasteiger charge is -2.11. The minimum Gasteiger partial charge on any atom is -0.478 e. The van der Waals surface area contributed by atoms with Crippen LogP contribution in [0.4, 0.5) is 0 Å². The lowest BCUT2D eigenvalue weighted by molar-refractivity contribution is 0.0696. The molecule has 1 aromatic heterocycles. The summed E-state index contributed by atoms with van der Waals surface area (Å²) in [5.41, 5.74) is 2.65. The molecule has 1 heterocycles. The molecule has 5 heteroatoms. The van der Waals surface area contributed by atoms with Gasteiger partial charge in [-0.25, -0.2) is 4.79 Å². The van der Waals surface area contributed by atoms with Gasteiger partial charge in [0, 0.05) is 30.4 Å². The maximum Gasteiger partial charge on any atom is 0.337 e. The summed E-state index contributed by atoms with van der Waals surface area (Å²) in [7, 11) is 1.61. The molecule has 2 rings (SSSR count). The van der Waals surface area contributed by atoms with Gasteiger partial charge >= 0.3 is 5.97 Å². The number of rotatable bonds is 5. The fourth-order valence-electron chi connectivity index (χ4n) is 2.25. The lowest BCUT2D eigenvalue weighted by Crippen LogP contribution is -2.05. The number of ether oxygens (including phenoxy) is 1. The van der Waals surface area contributed by atoms with Gasteiger partial charge in [0.15, 0.2) is 0 Å². The minimum absolute atomic E-state index is 0.288. The maximum atomic E-state index is 11.3. The molecule has 0 spiro atoms. The zero-order valence-electron chi connectivity index (χ0n) is 11.4. The number of hydrogen-bond donors (Lipinski definition) is 1. The molecule has 0 aliphatic heterocycles. The van der Waals surface area contributed by atoms with Crippen molar-refractivity contribution < 1.29 is 14.6 Å². The summed E-state index contributed by atoms with van der Waals surface area (Å²) in [4.78, 5) is 11.3. The third-order valence-corrected chi connectivity index (χ3v) is 3.56. The Bertz CT molecular complexity index is 634. The Morgan fingerprint density at radius 3 is 2.70 bits per heavy atom. The number of methoxy groups -OCH3 is 1. The number of benzene rings is 1. The number of nitrogens with zero attached hydrogens (tertiary/aromatic N) is 1. The van der Waals surface area contributed by atoms with Crippen LogP contribution in [0.25, 0.3) is 11.3 Å². The molecule has 0 radical (unpaired) electrons. The van der Waals surface area contributed by atoms with Crippen LogP contribution in [0, 0.1) is 6.92 Å². The highest BCUT2D eigenvalue weighted by molar-refractivity contribution is 6.33. The van der Waals surface area contributed by atoms with Gasteiger partial charge in [0.1, 0.15) is 0 Å². The summed E-state index contributed by atoms with van der Waals surface area (Å²) < 4.78 is 6.95. The van der Waals surface area contributed by atoms with Crippen LogP contribution in [0.15, 0.2) is 30.5 Å². The molecular formula is C15H16ClNO3. The summed E-state index contributed by atoms with van der Waals surface area (Å²) in [6.07, 6.45) is 1.63. The summed E-state index contributed by atoms with van der Waals surface area (Å²) in [6.45, 7) is 2.88. The molecule has 0 amide bonds. The van der Waals surface area contributed by atoms with Gasteiger partial charge in [-0.3, -0.25) is 0 Å². The fraction of sp³-hybridized carbons (Fsp3) is 0.267. The smallest absolute Gasteiger partial charge is 0.337 e. The molecule has 20 heavy (non-hydrogen) atoms. The number of halogens is 1. The summed E-state index contributed by atoms with van der Waals surface area (Å²) in [6, 6.07) is 7.42. The molecule has 0 fully saturated rings. The molecule has 1 N–H and O–H groups in total. The molecule has 0 unspecified atom stereocenters. The third-order valence-electron chi connectivity index (χ3n) is 3.23. The van der Waals surface area contributed by atoms with Gasteiger partial charge in [-0.1, -0.05) is 29.8 Å². The molecule has 106 valence electrons. The molecule has 2 aromatic rings. The van der Waals surface area contributed by atoms with Gasteiger partial charge in [-0.15, -0.1) is 0 Å². The normalized spacial score (nSPS) is 10.8. The van der Waals surface area contributed by atoms with Crippen LogP contribution in [0.2, 0.25) is 5.02 Å². The van der Waals surface area contributed by atoms with Crippen molar-refractivity contribution in [3.05, 3.63) is 46.6 Å². The first kappa shape index (κ1) is 14.6. The van der Waals surface area contributed by atoms with Crippen molar-refractivity contribution in [3.8, 4) is 11.3 Å². The van der Waals surface area contributed by atoms with Crippen LogP contribution in [0.5, 0.6) is 0 Å². The minimum atomic E-state index is -0.938. The molecule has 1 aromatic carbocycles. The van der Waals surface area contributed by atoms with Crippen molar-refractivity contribution in [1.82, 2.24) is 4.57 Å². The van der Waals surface area contributed by atoms with E-state index >= 15 is 0 Å². The highest BCUT2D eigenvalue weighted by Gasteiger charge is 2.19. The topological polar surface area (TPSA) is 51.5 Å². The largest absolute Gasteiger partial charge is 0.478 e. The molecule has 0 aliphatic rings. The van der Waals surface area contributed by atoms with Crippen molar-refractivity contribution in [1.29, 1.82) is 0 Å². The van der Waals surface area contributed by atoms with E-state index in [1.807, 2.05) is 22.8 Å². The zero-order valence-corrected chi connectivity index (χ0v) is 12.1. The number of carboxylic acid groups (broad SMARTS) is 1. The Morgan fingerprint density at radius 1 is 1.40 bits per heavy atom. The van der Waals surface area contributed by atoms with Crippen LogP contribution in [0.1, 0.15) is 15.9 Å². The fourth-order valence-corrected chi connectivity index (χ4v) is 2.48. The predicted molar refractivity (Wildman–Crippen MR) is 78.5 cm³/mol. The van der Waals surface area contributed by atoms with E-state index in [1.54, 1.807) is 26.3 Å². The number of carboxylic acids is 1. The van der Waals surface area contributed by atoms with Gasteiger partial charge in [0.25, 0.3) is 0 Å². The van der Waals surface area contributed by atoms with Crippen molar-refractivity contribution in [2.24, 2.45) is 0 Å². The SMILES string of the molecule is COCCn1cc(C(=O)O)c(C)c1-c1ccccc1Cl. The van der Waals surface area contributed by atoms with Crippen molar-refractivity contribution in [2.45, 2.75) is 13.5 Å². The van der Waals surface area contributed by atoms with Crippen molar-refractivity contribution in [3.63, 3.8) is 0 Å². The van der Waals surface area contributed by atoms with E-state index in [4.69, 9.17) is 16.3 Å². The maximum absolute atomic E-state index is 11.3. The highest BCUT2D eigenvalue weighted by atomic mass is 35.5. The standard InChI is InChI=1S/C15H16ClNO3/c1-10-12(15(18)19)9-17(7-8-20-2)14(10)11-5-3-4-6-13(11)16/h3-6,9H,7-8H2,1-2H3,(H,18,19). The van der Waals surface area contributed by atoms with Gasteiger partial charge in [0.05, 0.1) is 17.9 Å². The van der Waals surface area contributed by atoms with Crippen LogP contribution in [0.3, 0.4) is 0 Å². The van der Waals surface area contributed by atoms with E-state index < -0.39 is 5.97 Å². The molecule has 0 atom stereocenters. The van der Waals surface area contributed by atoms with Crippen LogP contribution < -0.4 is 0 Å². The monoisotopic (exact) mass is 293 g/mol. The van der Waals surface area contributed by atoms with E-state index in [2.05, 4.69) is 0 Å². The van der Waals surface area contributed by atoms with Gasteiger partial charge in [0.2, 0.25) is 0 Å². The Hall–Kier alpha value is -1.78. The van der Waals surface area contributed by atoms with Crippen LogP contribution >= 0.6 is 11.6 Å². The molecular weight excluding hydrogens is 278 g/mol. The average molecular weight is 294 g/mol. The van der Waals surface area contributed by atoms with E-state index in [9.17, 15) is 9.90 Å². The number of aromatic nitrogens is 1. The molecule has 0 bridgehead atoms. The third kappa shape index (κ3) is 2.71. The average Bonchev–Trinajstić information content (AvgIpc) is 2.74. The lowest BCUT2D eigenvalue weighted by atomic mass is 10.1. The number of aromatic carboxylic acids is 1. The quantitative estimate of drug-likeness (QED) is 0.918. The molecule has 0 saturated carbocycles. The Morgan fingerprint density at radius 2 is 2.10 bits per heavy atom. The highest BCUT2D eigenvalue weighted by Crippen LogP contribution is 2.33. The zero-order chi connectivity index (χ0) is 14.7. The second kappa shape index (κ2) is 6.11. The first-order valence-electron chi connectivity index (χ1n) is 6.23. The van der Waals surface area contributed by atoms with Gasteiger partial charge in [-0.05, 0) is 18.6 Å². The summed E-state index contributed by atoms with van der Waals surface area (Å²) in [5, 5.41) is 9.87. The Labute approximate surface area is 122 Å². The number of hydrogen-bond acceptors (Lipinski definition) is 2. The van der Waals surface area contributed by atoms with Gasteiger partial charge < -0.3 is 14.4 Å². The molecule has 0 aliphatic carbocycles. The van der Waals surface area contributed by atoms with Gasteiger partial charge in [-0.2, -0.15) is 0 Å². The molecule has 0 saturated heterocycles. The van der Waals surface area contributed by atoms with Crippen LogP contribution in [-0.2, 0) is 11.3 Å². The van der Waals surface area contributed by atoms with Crippen molar-refractivity contribution in [2.75, 3.05) is 13.7 Å². The number of carbonyl (C=O) groups is 1. The second-order valence-electron chi connectivity index (χ2n) is 4.49. The first-order valence-corrected chi connectivity index (χ1v) is 6.61. The van der Waals surface area contributed by atoms with E-state index in [0.717, 1.165) is 11.3 Å². The van der Waals surface area contributed by atoms with E-state index in [1.165, 1.54) is 0 Å². The molecule has 4 nitrogen and oxygen atoms in total. The predicted octanol–water partition coefficient (Wildman–Crippen LogP) is 3.46.